The van der Waals surface area contributed by atoms with Gasteiger partial charge in [0.1, 0.15) is 0 Å². The molecule has 30 heavy (non-hydrogen) atoms. The first-order chi connectivity index (χ1) is 14.7. The number of benzene rings is 2. The molecule has 0 saturated carbocycles. The van der Waals surface area contributed by atoms with Crippen molar-refractivity contribution < 1.29 is 9.53 Å². The molecule has 0 aromatic heterocycles. The first kappa shape index (κ1) is 22.3. The largest absolute Gasteiger partial charge is 0.379 e. The van der Waals surface area contributed by atoms with Gasteiger partial charge < -0.3 is 9.64 Å². The lowest BCUT2D eigenvalue weighted by Crippen LogP contribution is -2.39. The van der Waals surface area contributed by atoms with E-state index in [2.05, 4.69) is 49.1 Å². The first-order valence-corrected chi connectivity index (χ1v) is 11.1. The summed E-state index contributed by atoms with van der Waals surface area (Å²) in [6.45, 7) is 10.2. The highest BCUT2D eigenvalue weighted by atomic mass is 16.5. The summed E-state index contributed by atoms with van der Waals surface area (Å²) in [5.74, 6) is 0.112. The average Bonchev–Trinajstić information content (AvgIpc) is 2.79. The van der Waals surface area contributed by atoms with Crippen LogP contribution in [0.5, 0.6) is 0 Å². The van der Waals surface area contributed by atoms with Gasteiger partial charge in [0.05, 0.1) is 13.2 Å². The van der Waals surface area contributed by atoms with E-state index in [0.29, 0.717) is 6.54 Å². The van der Waals surface area contributed by atoms with Gasteiger partial charge in [-0.05, 0) is 43.0 Å². The van der Waals surface area contributed by atoms with Crippen LogP contribution in [-0.2, 0) is 11.2 Å². The van der Waals surface area contributed by atoms with Gasteiger partial charge in [-0.25, -0.2) is 0 Å². The predicted molar refractivity (Wildman–Crippen MR) is 124 cm³/mol. The van der Waals surface area contributed by atoms with Crippen LogP contribution in [0.15, 0.2) is 60.2 Å². The van der Waals surface area contributed by atoms with Crippen LogP contribution in [0.25, 0.3) is 6.08 Å². The number of amides is 1. The minimum Gasteiger partial charge on any atom is -0.379 e. The zero-order valence-electron chi connectivity index (χ0n) is 18.3. The summed E-state index contributed by atoms with van der Waals surface area (Å²) < 4.78 is 5.44. The fraction of sp³-hybridized carbons (Fsp3) is 0.423. The van der Waals surface area contributed by atoms with Gasteiger partial charge in [-0.2, -0.15) is 0 Å². The molecule has 1 fully saturated rings. The Morgan fingerprint density at radius 3 is 2.43 bits per heavy atom. The van der Waals surface area contributed by atoms with Crippen LogP contribution in [0.1, 0.15) is 41.8 Å². The van der Waals surface area contributed by atoms with Crippen molar-refractivity contribution in [2.45, 2.75) is 26.7 Å². The maximum Gasteiger partial charge on any atom is 0.254 e. The van der Waals surface area contributed by atoms with E-state index in [-0.39, 0.29) is 5.91 Å². The van der Waals surface area contributed by atoms with E-state index in [1.54, 1.807) is 0 Å². The zero-order chi connectivity index (χ0) is 21.2. The molecule has 1 amide bonds. The molecular weight excluding hydrogens is 372 g/mol. The van der Waals surface area contributed by atoms with E-state index < -0.39 is 0 Å². The van der Waals surface area contributed by atoms with Crippen LogP contribution in [0.3, 0.4) is 0 Å². The lowest BCUT2D eigenvalue weighted by Gasteiger charge is -2.28. The summed E-state index contributed by atoms with van der Waals surface area (Å²) in [4.78, 5) is 17.7. The lowest BCUT2D eigenvalue weighted by molar-refractivity contribution is 0.0358. The number of hydrogen-bond donors (Lipinski definition) is 0. The first-order valence-electron chi connectivity index (χ1n) is 11.1. The Hall–Kier alpha value is -2.43. The van der Waals surface area contributed by atoms with Crippen molar-refractivity contribution in [3.05, 3.63) is 76.9 Å². The van der Waals surface area contributed by atoms with Crippen LogP contribution in [0.2, 0.25) is 0 Å². The maximum atomic E-state index is 13.3. The second-order valence-electron chi connectivity index (χ2n) is 7.99. The van der Waals surface area contributed by atoms with Crippen molar-refractivity contribution in [2.24, 2.45) is 0 Å². The van der Waals surface area contributed by atoms with Gasteiger partial charge in [0.15, 0.2) is 0 Å². The second kappa shape index (κ2) is 11.7. The van der Waals surface area contributed by atoms with Gasteiger partial charge in [0, 0.05) is 38.3 Å². The summed E-state index contributed by atoms with van der Waals surface area (Å²) >= 11 is 0. The molecule has 2 aromatic carbocycles. The van der Waals surface area contributed by atoms with E-state index in [4.69, 9.17) is 4.74 Å². The SMILES string of the molecule is CCc1ccc(C(=O)N(CCCN2CCOCC2)C/C(C)=C/c2ccccc2)cc1. The molecule has 0 N–H and O–H groups in total. The third-order valence-corrected chi connectivity index (χ3v) is 5.56. The number of carbonyl (C=O) groups is 1. The van der Waals surface area contributed by atoms with Gasteiger partial charge in [-0.1, -0.05) is 61.0 Å². The topological polar surface area (TPSA) is 32.8 Å². The van der Waals surface area contributed by atoms with Crippen molar-refractivity contribution in [2.75, 3.05) is 45.9 Å². The summed E-state index contributed by atoms with van der Waals surface area (Å²) in [5.41, 5.74) is 4.38. The lowest BCUT2D eigenvalue weighted by atomic mass is 10.1. The van der Waals surface area contributed by atoms with E-state index in [0.717, 1.165) is 57.8 Å². The number of nitrogens with zero attached hydrogens (tertiary/aromatic N) is 2. The Bertz CT molecular complexity index is 809. The number of carbonyl (C=O) groups excluding carboxylic acids is 1. The molecule has 1 aliphatic rings. The fourth-order valence-corrected chi connectivity index (χ4v) is 3.81. The summed E-state index contributed by atoms with van der Waals surface area (Å²) in [6, 6.07) is 18.3. The van der Waals surface area contributed by atoms with Crippen molar-refractivity contribution in [3.8, 4) is 0 Å². The van der Waals surface area contributed by atoms with Gasteiger partial charge in [-0.15, -0.1) is 0 Å². The molecule has 0 unspecified atom stereocenters. The molecule has 160 valence electrons. The molecule has 0 spiro atoms. The highest BCUT2D eigenvalue weighted by molar-refractivity contribution is 5.94. The molecule has 2 aromatic rings. The van der Waals surface area contributed by atoms with Crippen LogP contribution in [0, 0.1) is 0 Å². The Morgan fingerprint density at radius 1 is 1.07 bits per heavy atom. The molecule has 3 rings (SSSR count). The Balaban J connectivity index is 1.67. The van der Waals surface area contributed by atoms with Crippen LogP contribution in [0.4, 0.5) is 0 Å². The molecule has 1 aliphatic heterocycles. The minimum atomic E-state index is 0.112. The zero-order valence-corrected chi connectivity index (χ0v) is 18.3. The number of morpholine rings is 1. The number of hydrogen-bond acceptors (Lipinski definition) is 3. The van der Waals surface area contributed by atoms with Gasteiger partial charge in [0.25, 0.3) is 5.91 Å². The molecular formula is C26H34N2O2. The second-order valence-corrected chi connectivity index (χ2v) is 7.99. The van der Waals surface area contributed by atoms with Crippen molar-refractivity contribution in [1.82, 2.24) is 9.80 Å². The van der Waals surface area contributed by atoms with Crippen molar-refractivity contribution >= 4 is 12.0 Å². The molecule has 0 aliphatic carbocycles. The summed E-state index contributed by atoms with van der Waals surface area (Å²) in [5, 5.41) is 0. The Kier molecular flexibility index (Phi) is 8.66. The van der Waals surface area contributed by atoms with Crippen LogP contribution in [-0.4, -0.2) is 61.6 Å². The minimum absolute atomic E-state index is 0.112. The van der Waals surface area contributed by atoms with Crippen LogP contribution >= 0.6 is 0 Å². The number of aryl methyl sites for hydroxylation is 1. The van der Waals surface area contributed by atoms with Gasteiger partial charge in [0.2, 0.25) is 0 Å². The average molecular weight is 407 g/mol. The van der Waals surface area contributed by atoms with Crippen molar-refractivity contribution in [1.29, 1.82) is 0 Å². The van der Waals surface area contributed by atoms with Crippen molar-refractivity contribution in [3.63, 3.8) is 0 Å². The molecule has 4 heteroatoms. The maximum absolute atomic E-state index is 13.3. The molecule has 0 radical (unpaired) electrons. The normalized spacial score (nSPS) is 15.2. The van der Waals surface area contributed by atoms with Gasteiger partial charge >= 0.3 is 0 Å². The van der Waals surface area contributed by atoms with Crippen LogP contribution < -0.4 is 0 Å². The smallest absolute Gasteiger partial charge is 0.254 e. The predicted octanol–water partition coefficient (Wildman–Crippen LogP) is 4.52. The van der Waals surface area contributed by atoms with E-state index in [1.165, 1.54) is 16.7 Å². The van der Waals surface area contributed by atoms with E-state index in [9.17, 15) is 4.79 Å². The third-order valence-electron chi connectivity index (χ3n) is 5.56. The van der Waals surface area contributed by atoms with Gasteiger partial charge in [-0.3, -0.25) is 9.69 Å². The molecule has 4 nitrogen and oxygen atoms in total. The molecule has 0 bridgehead atoms. The van der Waals surface area contributed by atoms with E-state index >= 15 is 0 Å². The molecule has 1 heterocycles. The monoisotopic (exact) mass is 406 g/mol. The quantitative estimate of drug-likeness (QED) is 0.614. The Morgan fingerprint density at radius 2 is 1.77 bits per heavy atom. The highest BCUT2D eigenvalue weighted by Crippen LogP contribution is 2.13. The molecule has 0 atom stereocenters. The molecule has 1 saturated heterocycles. The number of ether oxygens (including phenoxy) is 1. The summed E-state index contributed by atoms with van der Waals surface area (Å²) in [6.07, 6.45) is 4.12. The fourth-order valence-electron chi connectivity index (χ4n) is 3.81. The Labute approximate surface area is 181 Å². The standard InChI is InChI=1S/C26H34N2O2/c1-3-23-10-12-25(13-11-23)26(29)28(15-7-14-27-16-18-30-19-17-27)21-22(2)20-24-8-5-4-6-9-24/h4-6,8-13,20H,3,7,14-19,21H2,1-2H3/b22-20+. The third kappa shape index (κ3) is 6.82. The highest BCUT2D eigenvalue weighted by Gasteiger charge is 2.17. The summed E-state index contributed by atoms with van der Waals surface area (Å²) in [7, 11) is 0. The number of rotatable bonds is 9. The van der Waals surface area contributed by atoms with E-state index in [1.807, 2.05) is 35.2 Å².